The van der Waals surface area contributed by atoms with E-state index in [-0.39, 0.29) is 18.0 Å². The highest BCUT2D eigenvalue weighted by Gasteiger charge is 2.18. The normalized spacial score (nSPS) is 13.7. The van der Waals surface area contributed by atoms with Crippen molar-refractivity contribution in [1.29, 1.82) is 0 Å². The van der Waals surface area contributed by atoms with E-state index >= 15 is 0 Å². The molecule has 4 rings (SSSR count). The molecular weight excluding hydrogens is 392 g/mol. The Bertz CT molecular complexity index is 1110. The monoisotopic (exact) mass is 420 g/mol. The minimum atomic E-state index is -0.185. The van der Waals surface area contributed by atoms with E-state index in [0.717, 1.165) is 48.2 Å². The van der Waals surface area contributed by atoms with Crippen LogP contribution in [0.5, 0.6) is 0 Å². The number of likely N-dealkylation sites (tertiary alicyclic amines) is 1. The largest absolute Gasteiger partial charge is 0.348 e. The summed E-state index contributed by atoms with van der Waals surface area (Å²) >= 11 is 0. The van der Waals surface area contributed by atoms with E-state index in [0.29, 0.717) is 17.8 Å². The molecule has 0 bridgehead atoms. The molecule has 8 heteroatoms. The van der Waals surface area contributed by atoms with Gasteiger partial charge in [-0.05, 0) is 57.4 Å². The van der Waals surface area contributed by atoms with Crippen molar-refractivity contribution >= 4 is 28.7 Å². The standard InChI is InChI=1S/C23H28N6O2/c1-15(2)29-21-18(14-25-29)12-20(16(3)26-21)22(30)24-13-17-7-6-8-19(11-17)27-23(31)28-9-4-5-10-28/h6-8,11-12,14-15H,4-5,9-10,13H2,1-3H3,(H,24,30)(H,27,31). The Kier molecular flexibility index (Phi) is 5.88. The molecule has 0 atom stereocenters. The number of amides is 3. The minimum absolute atomic E-state index is 0.0735. The van der Waals surface area contributed by atoms with Gasteiger partial charge in [0.15, 0.2) is 5.65 Å². The molecule has 1 fully saturated rings. The van der Waals surface area contributed by atoms with E-state index < -0.39 is 0 Å². The van der Waals surface area contributed by atoms with E-state index in [4.69, 9.17) is 0 Å². The number of anilines is 1. The second-order valence-electron chi connectivity index (χ2n) is 8.22. The summed E-state index contributed by atoms with van der Waals surface area (Å²) < 4.78 is 1.85. The highest BCUT2D eigenvalue weighted by atomic mass is 16.2. The van der Waals surface area contributed by atoms with Crippen LogP contribution in [0.3, 0.4) is 0 Å². The van der Waals surface area contributed by atoms with Crippen molar-refractivity contribution in [2.75, 3.05) is 18.4 Å². The highest BCUT2D eigenvalue weighted by Crippen LogP contribution is 2.20. The Labute approximate surface area is 181 Å². The fourth-order valence-electron chi connectivity index (χ4n) is 3.83. The number of aryl methyl sites for hydroxylation is 1. The third-order valence-corrected chi connectivity index (χ3v) is 5.52. The first kappa shape index (κ1) is 20.8. The maximum absolute atomic E-state index is 12.8. The zero-order valence-corrected chi connectivity index (χ0v) is 18.2. The average molecular weight is 421 g/mol. The van der Waals surface area contributed by atoms with Gasteiger partial charge in [0.2, 0.25) is 0 Å². The summed E-state index contributed by atoms with van der Waals surface area (Å²) in [6.45, 7) is 7.89. The van der Waals surface area contributed by atoms with Gasteiger partial charge in [0, 0.05) is 36.7 Å². The molecule has 162 valence electrons. The summed E-state index contributed by atoms with van der Waals surface area (Å²) in [6.07, 6.45) is 3.85. The number of fused-ring (bicyclic) bond motifs is 1. The Hall–Kier alpha value is -3.42. The average Bonchev–Trinajstić information content (AvgIpc) is 3.41. The van der Waals surface area contributed by atoms with Crippen LogP contribution < -0.4 is 10.6 Å². The van der Waals surface area contributed by atoms with E-state index in [2.05, 4.69) is 20.7 Å². The van der Waals surface area contributed by atoms with Crippen LogP contribution in [0.4, 0.5) is 10.5 Å². The molecule has 0 radical (unpaired) electrons. The lowest BCUT2D eigenvalue weighted by atomic mass is 10.1. The Balaban J connectivity index is 1.43. The fourth-order valence-corrected chi connectivity index (χ4v) is 3.83. The Morgan fingerprint density at radius 1 is 1.16 bits per heavy atom. The molecule has 8 nitrogen and oxygen atoms in total. The molecule has 1 aliphatic rings. The second kappa shape index (κ2) is 8.75. The molecule has 3 heterocycles. The third kappa shape index (κ3) is 4.52. The summed E-state index contributed by atoms with van der Waals surface area (Å²) in [5.41, 5.74) is 3.62. The van der Waals surface area contributed by atoms with Gasteiger partial charge in [0.05, 0.1) is 17.5 Å². The molecular formula is C23H28N6O2. The highest BCUT2D eigenvalue weighted by molar-refractivity contribution is 5.98. The van der Waals surface area contributed by atoms with E-state index in [1.165, 1.54) is 0 Å². The van der Waals surface area contributed by atoms with Gasteiger partial charge in [-0.3, -0.25) is 4.79 Å². The van der Waals surface area contributed by atoms with Gasteiger partial charge >= 0.3 is 6.03 Å². The number of rotatable bonds is 5. The van der Waals surface area contributed by atoms with Gasteiger partial charge < -0.3 is 15.5 Å². The van der Waals surface area contributed by atoms with E-state index in [9.17, 15) is 9.59 Å². The van der Waals surface area contributed by atoms with Crippen molar-refractivity contribution in [2.45, 2.75) is 46.2 Å². The molecule has 3 amide bonds. The number of nitrogens with zero attached hydrogens (tertiary/aromatic N) is 4. The molecule has 1 aliphatic heterocycles. The van der Waals surface area contributed by atoms with Crippen molar-refractivity contribution in [3.8, 4) is 0 Å². The van der Waals surface area contributed by atoms with Crippen LogP contribution in [-0.4, -0.2) is 44.7 Å². The summed E-state index contributed by atoms with van der Waals surface area (Å²) in [5.74, 6) is -0.185. The quantitative estimate of drug-likeness (QED) is 0.655. The fraction of sp³-hybridized carbons (Fsp3) is 0.391. The molecule has 31 heavy (non-hydrogen) atoms. The lowest BCUT2D eigenvalue weighted by Gasteiger charge is -2.16. The number of nitrogens with one attached hydrogen (secondary N) is 2. The first-order chi connectivity index (χ1) is 14.9. The summed E-state index contributed by atoms with van der Waals surface area (Å²) in [7, 11) is 0. The first-order valence-electron chi connectivity index (χ1n) is 10.7. The molecule has 3 aromatic rings. The van der Waals surface area contributed by atoms with Crippen molar-refractivity contribution in [3.63, 3.8) is 0 Å². The zero-order valence-electron chi connectivity index (χ0n) is 18.2. The number of hydrogen-bond donors (Lipinski definition) is 2. The Morgan fingerprint density at radius 3 is 2.68 bits per heavy atom. The molecule has 0 aliphatic carbocycles. The molecule has 1 aromatic carbocycles. The lowest BCUT2D eigenvalue weighted by molar-refractivity contribution is 0.0950. The zero-order chi connectivity index (χ0) is 22.0. The van der Waals surface area contributed by atoms with Crippen molar-refractivity contribution in [1.82, 2.24) is 25.0 Å². The third-order valence-electron chi connectivity index (χ3n) is 5.52. The van der Waals surface area contributed by atoms with Gasteiger partial charge in [0.1, 0.15) is 0 Å². The van der Waals surface area contributed by atoms with Crippen LogP contribution in [0.1, 0.15) is 54.3 Å². The Morgan fingerprint density at radius 2 is 1.94 bits per heavy atom. The molecule has 0 saturated carbocycles. The predicted molar refractivity (Wildman–Crippen MR) is 120 cm³/mol. The van der Waals surface area contributed by atoms with Gasteiger partial charge in [-0.1, -0.05) is 12.1 Å². The van der Waals surface area contributed by atoms with Crippen molar-refractivity contribution in [3.05, 3.63) is 53.3 Å². The van der Waals surface area contributed by atoms with Gasteiger partial charge in [-0.2, -0.15) is 5.10 Å². The molecule has 1 saturated heterocycles. The molecule has 2 aromatic heterocycles. The van der Waals surface area contributed by atoms with Gasteiger partial charge in [0.25, 0.3) is 5.91 Å². The number of pyridine rings is 1. The smallest absolute Gasteiger partial charge is 0.321 e. The summed E-state index contributed by atoms with van der Waals surface area (Å²) in [6, 6.07) is 9.50. The lowest BCUT2D eigenvalue weighted by Crippen LogP contribution is -2.32. The van der Waals surface area contributed by atoms with Crippen molar-refractivity contribution in [2.24, 2.45) is 0 Å². The van der Waals surface area contributed by atoms with Gasteiger partial charge in [-0.15, -0.1) is 0 Å². The van der Waals surface area contributed by atoms with Gasteiger partial charge in [-0.25, -0.2) is 14.5 Å². The number of aromatic nitrogens is 3. The number of carbonyl (C=O) groups excluding carboxylic acids is 2. The number of benzene rings is 1. The van der Waals surface area contributed by atoms with Crippen LogP contribution in [0, 0.1) is 6.92 Å². The topological polar surface area (TPSA) is 92.1 Å². The second-order valence-corrected chi connectivity index (χ2v) is 8.22. The summed E-state index contributed by atoms with van der Waals surface area (Å²) in [5, 5.41) is 11.1. The van der Waals surface area contributed by atoms with E-state index in [1.807, 2.05) is 60.7 Å². The number of hydrogen-bond acceptors (Lipinski definition) is 4. The van der Waals surface area contributed by atoms with Crippen LogP contribution in [0.15, 0.2) is 36.5 Å². The first-order valence-corrected chi connectivity index (χ1v) is 10.7. The number of urea groups is 1. The maximum Gasteiger partial charge on any atom is 0.321 e. The SMILES string of the molecule is Cc1nc2c(cnn2C(C)C)cc1C(=O)NCc1cccc(NC(=O)N2CCCC2)c1. The predicted octanol–water partition coefficient (Wildman–Crippen LogP) is 3.88. The maximum atomic E-state index is 12.8. The molecule has 0 spiro atoms. The molecule has 2 N–H and O–H groups in total. The van der Waals surface area contributed by atoms with Crippen molar-refractivity contribution < 1.29 is 9.59 Å². The van der Waals surface area contributed by atoms with Crippen LogP contribution in [0.2, 0.25) is 0 Å². The van der Waals surface area contributed by atoms with Crippen LogP contribution >= 0.6 is 0 Å². The summed E-state index contributed by atoms with van der Waals surface area (Å²) in [4.78, 5) is 31.5. The van der Waals surface area contributed by atoms with Crippen LogP contribution in [0.25, 0.3) is 11.0 Å². The van der Waals surface area contributed by atoms with E-state index in [1.54, 1.807) is 6.20 Å². The number of carbonyl (C=O) groups is 2. The molecule has 0 unspecified atom stereocenters. The minimum Gasteiger partial charge on any atom is -0.348 e. The van der Waals surface area contributed by atoms with Crippen LogP contribution in [-0.2, 0) is 6.54 Å².